The lowest BCUT2D eigenvalue weighted by Gasteiger charge is -2.28. The van der Waals surface area contributed by atoms with E-state index in [1.54, 1.807) is 13.8 Å². The van der Waals surface area contributed by atoms with Crippen molar-refractivity contribution in [3.8, 4) is 0 Å². The molecular formula is C16H23NO4. The topological polar surface area (TPSA) is 55.8 Å². The normalized spacial score (nSPS) is 11.6. The number of benzene rings is 1. The summed E-state index contributed by atoms with van der Waals surface area (Å²) in [6, 6.07) is 8.88. The van der Waals surface area contributed by atoms with Gasteiger partial charge in [0.25, 0.3) is 0 Å². The number of esters is 1. The Bertz CT molecular complexity index is 447. The van der Waals surface area contributed by atoms with Gasteiger partial charge >= 0.3 is 12.1 Å². The summed E-state index contributed by atoms with van der Waals surface area (Å²) in [5, 5.41) is 0. The van der Waals surface area contributed by atoms with E-state index in [0.29, 0.717) is 13.0 Å². The van der Waals surface area contributed by atoms with Gasteiger partial charge in [0.1, 0.15) is 6.04 Å². The average molecular weight is 293 g/mol. The fourth-order valence-corrected chi connectivity index (χ4v) is 2.08. The van der Waals surface area contributed by atoms with E-state index >= 15 is 0 Å². The van der Waals surface area contributed by atoms with Crippen molar-refractivity contribution in [1.29, 1.82) is 0 Å². The number of amides is 1. The van der Waals surface area contributed by atoms with Crippen molar-refractivity contribution in [1.82, 2.24) is 4.90 Å². The maximum Gasteiger partial charge on any atom is 0.410 e. The van der Waals surface area contributed by atoms with Crippen LogP contribution in [-0.4, -0.2) is 42.8 Å². The SMILES string of the molecule is CCOC(=O)C(Cc1ccccc1)N(CC)C(=O)OCC. The number of carbonyl (C=O) groups is 2. The number of rotatable bonds is 7. The molecule has 0 saturated heterocycles. The molecule has 0 aromatic heterocycles. The first-order valence-corrected chi connectivity index (χ1v) is 7.27. The molecule has 1 amide bonds. The summed E-state index contributed by atoms with van der Waals surface area (Å²) >= 11 is 0. The highest BCUT2D eigenvalue weighted by atomic mass is 16.6. The minimum Gasteiger partial charge on any atom is -0.464 e. The highest BCUT2D eigenvalue weighted by molar-refractivity contribution is 5.81. The first-order chi connectivity index (χ1) is 10.1. The molecule has 1 atom stereocenters. The van der Waals surface area contributed by atoms with Crippen molar-refractivity contribution in [2.75, 3.05) is 19.8 Å². The van der Waals surface area contributed by atoms with Gasteiger partial charge in [0, 0.05) is 13.0 Å². The Morgan fingerprint density at radius 3 is 2.19 bits per heavy atom. The zero-order valence-electron chi connectivity index (χ0n) is 12.9. The molecule has 0 bridgehead atoms. The van der Waals surface area contributed by atoms with Crippen LogP contribution < -0.4 is 0 Å². The van der Waals surface area contributed by atoms with Crippen molar-refractivity contribution < 1.29 is 19.1 Å². The van der Waals surface area contributed by atoms with Crippen LogP contribution in [-0.2, 0) is 20.7 Å². The van der Waals surface area contributed by atoms with E-state index in [0.717, 1.165) is 5.56 Å². The fourth-order valence-electron chi connectivity index (χ4n) is 2.08. The van der Waals surface area contributed by atoms with Crippen molar-refractivity contribution >= 4 is 12.1 Å². The lowest BCUT2D eigenvalue weighted by molar-refractivity contribution is -0.148. The highest BCUT2D eigenvalue weighted by Gasteiger charge is 2.31. The van der Waals surface area contributed by atoms with Crippen LogP contribution in [0.3, 0.4) is 0 Å². The molecule has 21 heavy (non-hydrogen) atoms. The summed E-state index contributed by atoms with van der Waals surface area (Å²) in [4.78, 5) is 25.6. The summed E-state index contributed by atoms with van der Waals surface area (Å²) < 4.78 is 10.1. The van der Waals surface area contributed by atoms with Crippen molar-refractivity contribution in [3.63, 3.8) is 0 Å². The number of ether oxygens (including phenoxy) is 2. The van der Waals surface area contributed by atoms with E-state index in [9.17, 15) is 9.59 Å². The third-order valence-corrected chi connectivity index (χ3v) is 3.05. The van der Waals surface area contributed by atoms with Crippen LogP contribution in [0.5, 0.6) is 0 Å². The maximum absolute atomic E-state index is 12.2. The van der Waals surface area contributed by atoms with Crippen LogP contribution in [0, 0.1) is 0 Å². The van der Waals surface area contributed by atoms with Gasteiger partial charge in [-0.25, -0.2) is 9.59 Å². The Labute approximate surface area is 125 Å². The van der Waals surface area contributed by atoms with E-state index in [1.165, 1.54) is 4.90 Å². The zero-order chi connectivity index (χ0) is 15.7. The monoisotopic (exact) mass is 293 g/mol. The predicted molar refractivity (Wildman–Crippen MR) is 80.0 cm³/mol. The fraction of sp³-hybridized carbons (Fsp3) is 0.500. The summed E-state index contributed by atoms with van der Waals surface area (Å²) in [7, 11) is 0. The van der Waals surface area contributed by atoms with Gasteiger partial charge < -0.3 is 9.47 Å². The third kappa shape index (κ3) is 5.10. The number of nitrogens with zero attached hydrogens (tertiary/aromatic N) is 1. The number of carbonyl (C=O) groups excluding carboxylic acids is 2. The van der Waals surface area contributed by atoms with E-state index in [2.05, 4.69) is 0 Å². The van der Waals surface area contributed by atoms with Crippen LogP contribution in [0.4, 0.5) is 4.79 Å². The van der Waals surface area contributed by atoms with Crippen molar-refractivity contribution in [3.05, 3.63) is 35.9 Å². The molecule has 1 aromatic rings. The highest BCUT2D eigenvalue weighted by Crippen LogP contribution is 2.12. The molecule has 1 unspecified atom stereocenters. The number of likely N-dealkylation sites (N-methyl/N-ethyl adjacent to an activating group) is 1. The summed E-state index contributed by atoms with van der Waals surface area (Å²) in [6.07, 6.45) is -0.0826. The molecule has 0 saturated carbocycles. The Balaban J connectivity index is 2.94. The summed E-state index contributed by atoms with van der Waals surface area (Å²) in [6.45, 7) is 6.24. The van der Waals surface area contributed by atoms with Crippen LogP contribution in [0.1, 0.15) is 26.3 Å². The van der Waals surface area contributed by atoms with Gasteiger partial charge in [-0.15, -0.1) is 0 Å². The van der Waals surface area contributed by atoms with Crippen LogP contribution in [0.2, 0.25) is 0 Å². The van der Waals surface area contributed by atoms with Crippen molar-refractivity contribution in [2.45, 2.75) is 33.2 Å². The Hall–Kier alpha value is -2.04. The van der Waals surface area contributed by atoms with Gasteiger partial charge in [-0.3, -0.25) is 4.90 Å². The van der Waals surface area contributed by atoms with Gasteiger partial charge in [0.15, 0.2) is 0 Å². The zero-order valence-corrected chi connectivity index (χ0v) is 12.9. The minimum absolute atomic E-state index is 0.274. The Kier molecular flexibility index (Phi) is 7.29. The predicted octanol–water partition coefficient (Wildman–Crippen LogP) is 2.64. The third-order valence-electron chi connectivity index (χ3n) is 3.05. The van der Waals surface area contributed by atoms with Crippen molar-refractivity contribution in [2.24, 2.45) is 0 Å². The summed E-state index contributed by atoms with van der Waals surface area (Å²) in [5.74, 6) is -0.406. The molecule has 0 spiro atoms. The average Bonchev–Trinajstić information content (AvgIpc) is 2.48. The second-order valence-electron chi connectivity index (χ2n) is 4.44. The molecule has 1 aromatic carbocycles. The summed E-state index contributed by atoms with van der Waals surface area (Å²) in [5.41, 5.74) is 0.971. The van der Waals surface area contributed by atoms with Gasteiger partial charge in [-0.05, 0) is 26.3 Å². The lowest BCUT2D eigenvalue weighted by Crippen LogP contribution is -2.47. The molecule has 5 heteroatoms. The molecule has 0 aliphatic carbocycles. The van der Waals surface area contributed by atoms with E-state index in [1.807, 2.05) is 37.3 Å². The molecular weight excluding hydrogens is 270 g/mol. The maximum atomic E-state index is 12.2. The molecule has 0 heterocycles. The molecule has 0 aliphatic heterocycles. The number of hydrogen-bond donors (Lipinski definition) is 0. The van der Waals surface area contributed by atoms with Gasteiger partial charge in [0.2, 0.25) is 0 Å². The first kappa shape index (κ1) is 17.0. The molecule has 0 N–H and O–H groups in total. The molecule has 1 rings (SSSR count). The Morgan fingerprint density at radius 2 is 1.67 bits per heavy atom. The second-order valence-corrected chi connectivity index (χ2v) is 4.44. The molecule has 5 nitrogen and oxygen atoms in total. The molecule has 116 valence electrons. The molecule has 0 radical (unpaired) electrons. The van der Waals surface area contributed by atoms with E-state index in [4.69, 9.17) is 9.47 Å². The van der Waals surface area contributed by atoms with Gasteiger partial charge in [-0.2, -0.15) is 0 Å². The minimum atomic E-state index is -0.670. The van der Waals surface area contributed by atoms with Crippen LogP contribution >= 0.6 is 0 Å². The van der Waals surface area contributed by atoms with Gasteiger partial charge in [-0.1, -0.05) is 30.3 Å². The van der Waals surface area contributed by atoms with E-state index < -0.39 is 18.1 Å². The van der Waals surface area contributed by atoms with Crippen LogP contribution in [0.15, 0.2) is 30.3 Å². The number of hydrogen-bond acceptors (Lipinski definition) is 4. The lowest BCUT2D eigenvalue weighted by atomic mass is 10.0. The smallest absolute Gasteiger partial charge is 0.410 e. The van der Waals surface area contributed by atoms with Gasteiger partial charge in [0.05, 0.1) is 13.2 Å². The molecule has 0 fully saturated rings. The largest absolute Gasteiger partial charge is 0.464 e. The molecule has 0 aliphatic rings. The second kappa shape index (κ2) is 9.00. The van der Waals surface area contributed by atoms with Crippen LogP contribution in [0.25, 0.3) is 0 Å². The standard InChI is InChI=1S/C16H23NO4/c1-4-17(16(19)21-6-3)14(15(18)20-5-2)12-13-10-8-7-9-11-13/h7-11,14H,4-6,12H2,1-3H3. The Morgan fingerprint density at radius 1 is 1.05 bits per heavy atom. The first-order valence-electron chi connectivity index (χ1n) is 7.27. The quantitative estimate of drug-likeness (QED) is 0.725. The van der Waals surface area contributed by atoms with E-state index in [-0.39, 0.29) is 13.2 Å².